The number of aliphatic carboxylic acids is 1. The van der Waals surface area contributed by atoms with Gasteiger partial charge in [0.25, 0.3) is 0 Å². The van der Waals surface area contributed by atoms with Crippen molar-refractivity contribution in [3.63, 3.8) is 0 Å². The molecule has 2 heterocycles. The van der Waals surface area contributed by atoms with Gasteiger partial charge in [0.15, 0.2) is 0 Å². The SMILES string of the molecule is Cc1ccc(-c2noc(CN3CCC(C(=O)O)C3)n2)cc1. The number of carboxylic acid groups (broad SMARTS) is 1. The Kier molecular flexibility index (Phi) is 3.70. The van der Waals surface area contributed by atoms with Crippen molar-refractivity contribution in [2.24, 2.45) is 5.92 Å². The maximum atomic E-state index is 10.9. The van der Waals surface area contributed by atoms with Crippen LogP contribution >= 0.6 is 0 Å². The highest BCUT2D eigenvalue weighted by Gasteiger charge is 2.28. The van der Waals surface area contributed by atoms with Gasteiger partial charge in [0.05, 0.1) is 12.5 Å². The quantitative estimate of drug-likeness (QED) is 0.926. The highest BCUT2D eigenvalue weighted by Crippen LogP contribution is 2.20. The molecule has 3 rings (SSSR count). The number of hydrogen-bond donors (Lipinski definition) is 1. The highest BCUT2D eigenvalue weighted by atomic mass is 16.5. The minimum Gasteiger partial charge on any atom is -0.481 e. The first-order chi connectivity index (χ1) is 10.1. The van der Waals surface area contributed by atoms with Gasteiger partial charge >= 0.3 is 5.97 Å². The number of rotatable bonds is 4. The number of hydrogen-bond acceptors (Lipinski definition) is 5. The van der Waals surface area contributed by atoms with Gasteiger partial charge in [0.2, 0.25) is 11.7 Å². The Labute approximate surface area is 122 Å². The molecule has 21 heavy (non-hydrogen) atoms. The third kappa shape index (κ3) is 3.11. The summed E-state index contributed by atoms with van der Waals surface area (Å²) in [5.41, 5.74) is 2.10. The number of likely N-dealkylation sites (tertiary alicyclic amines) is 1. The summed E-state index contributed by atoms with van der Waals surface area (Å²) < 4.78 is 5.26. The largest absolute Gasteiger partial charge is 0.481 e. The summed E-state index contributed by atoms with van der Waals surface area (Å²) in [6.07, 6.45) is 0.675. The molecular formula is C15H17N3O3. The van der Waals surface area contributed by atoms with E-state index in [1.807, 2.05) is 36.1 Å². The summed E-state index contributed by atoms with van der Waals surface area (Å²) >= 11 is 0. The maximum absolute atomic E-state index is 10.9. The van der Waals surface area contributed by atoms with E-state index in [2.05, 4.69) is 10.1 Å². The number of nitrogens with zero attached hydrogens (tertiary/aromatic N) is 3. The number of benzene rings is 1. The van der Waals surface area contributed by atoms with Crippen LogP contribution in [0.4, 0.5) is 0 Å². The summed E-state index contributed by atoms with van der Waals surface area (Å²) in [6.45, 7) is 3.82. The average Bonchev–Trinajstić information content (AvgIpc) is 3.10. The lowest BCUT2D eigenvalue weighted by Gasteiger charge is -2.11. The lowest BCUT2D eigenvalue weighted by molar-refractivity contribution is -0.141. The van der Waals surface area contributed by atoms with Gasteiger partial charge in [-0.2, -0.15) is 4.98 Å². The Morgan fingerprint density at radius 1 is 1.43 bits per heavy atom. The van der Waals surface area contributed by atoms with Crippen molar-refractivity contribution in [3.8, 4) is 11.4 Å². The molecule has 0 saturated carbocycles. The molecule has 1 aliphatic heterocycles. The molecule has 1 aromatic carbocycles. The van der Waals surface area contributed by atoms with E-state index in [0.29, 0.717) is 31.2 Å². The molecule has 6 heteroatoms. The van der Waals surface area contributed by atoms with Crippen molar-refractivity contribution in [1.82, 2.24) is 15.0 Å². The minimum absolute atomic E-state index is 0.288. The monoisotopic (exact) mass is 287 g/mol. The Morgan fingerprint density at radius 2 is 2.19 bits per heavy atom. The molecule has 1 atom stereocenters. The number of aryl methyl sites for hydroxylation is 1. The zero-order valence-corrected chi connectivity index (χ0v) is 11.8. The second kappa shape index (κ2) is 5.65. The first-order valence-corrected chi connectivity index (χ1v) is 6.96. The first kappa shape index (κ1) is 13.8. The molecule has 6 nitrogen and oxygen atoms in total. The molecule has 0 bridgehead atoms. The Balaban J connectivity index is 1.66. The maximum Gasteiger partial charge on any atom is 0.307 e. The van der Waals surface area contributed by atoms with Crippen LogP contribution in [0.15, 0.2) is 28.8 Å². The van der Waals surface area contributed by atoms with Crippen molar-refractivity contribution >= 4 is 5.97 Å². The van der Waals surface area contributed by atoms with Crippen LogP contribution in [0.2, 0.25) is 0 Å². The number of aromatic nitrogens is 2. The zero-order valence-electron chi connectivity index (χ0n) is 11.8. The van der Waals surface area contributed by atoms with E-state index in [9.17, 15) is 4.79 Å². The van der Waals surface area contributed by atoms with E-state index < -0.39 is 5.97 Å². The Hall–Kier alpha value is -2.21. The fourth-order valence-electron chi connectivity index (χ4n) is 2.51. The fourth-order valence-corrected chi connectivity index (χ4v) is 2.51. The molecule has 1 aromatic heterocycles. The van der Waals surface area contributed by atoms with Gasteiger partial charge in [-0.25, -0.2) is 0 Å². The standard InChI is InChI=1S/C15H17N3O3/c1-10-2-4-11(5-3-10)14-16-13(21-17-14)9-18-7-6-12(8-18)15(19)20/h2-5,12H,6-9H2,1H3,(H,19,20). The third-order valence-electron chi connectivity index (χ3n) is 3.76. The Morgan fingerprint density at radius 3 is 2.86 bits per heavy atom. The summed E-state index contributed by atoms with van der Waals surface area (Å²) in [7, 11) is 0. The van der Waals surface area contributed by atoms with E-state index in [4.69, 9.17) is 9.63 Å². The molecular weight excluding hydrogens is 270 g/mol. The fraction of sp³-hybridized carbons (Fsp3) is 0.400. The predicted octanol–water partition coefficient (Wildman–Crippen LogP) is 1.95. The van der Waals surface area contributed by atoms with Crippen LogP contribution in [0.5, 0.6) is 0 Å². The molecule has 0 amide bonds. The van der Waals surface area contributed by atoms with E-state index in [0.717, 1.165) is 12.1 Å². The second-order valence-corrected chi connectivity index (χ2v) is 5.44. The van der Waals surface area contributed by atoms with E-state index in [1.165, 1.54) is 5.56 Å². The van der Waals surface area contributed by atoms with Crippen LogP contribution in [0.25, 0.3) is 11.4 Å². The van der Waals surface area contributed by atoms with Gasteiger partial charge in [0, 0.05) is 12.1 Å². The van der Waals surface area contributed by atoms with Gasteiger partial charge in [-0.05, 0) is 19.9 Å². The minimum atomic E-state index is -0.733. The van der Waals surface area contributed by atoms with Gasteiger partial charge in [-0.1, -0.05) is 35.0 Å². The molecule has 0 radical (unpaired) electrons. The topological polar surface area (TPSA) is 79.5 Å². The normalized spacial score (nSPS) is 19.0. The van der Waals surface area contributed by atoms with Crippen LogP contribution in [-0.4, -0.2) is 39.2 Å². The lowest BCUT2D eigenvalue weighted by Crippen LogP contribution is -2.22. The molecule has 110 valence electrons. The van der Waals surface area contributed by atoms with Gasteiger partial charge in [-0.15, -0.1) is 0 Å². The van der Waals surface area contributed by atoms with E-state index in [1.54, 1.807) is 0 Å². The number of carbonyl (C=O) groups is 1. The van der Waals surface area contributed by atoms with Crippen LogP contribution in [0.3, 0.4) is 0 Å². The predicted molar refractivity (Wildman–Crippen MR) is 75.5 cm³/mol. The average molecular weight is 287 g/mol. The van der Waals surface area contributed by atoms with Crippen LogP contribution in [0, 0.1) is 12.8 Å². The van der Waals surface area contributed by atoms with Gasteiger partial charge < -0.3 is 9.63 Å². The van der Waals surface area contributed by atoms with Gasteiger partial charge in [-0.3, -0.25) is 9.69 Å². The molecule has 1 aliphatic rings. The van der Waals surface area contributed by atoms with Crippen LogP contribution in [0.1, 0.15) is 17.9 Å². The van der Waals surface area contributed by atoms with Crippen molar-refractivity contribution in [2.45, 2.75) is 19.9 Å². The van der Waals surface area contributed by atoms with Crippen molar-refractivity contribution in [1.29, 1.82) is 0 Å². The molecule has 1 fully saturated rings. The van der Waals surface area contributed by atoms with E-state index in [-0.39, 0.29) is 5.92 Å². The van der Waals surface area contributed by atoms with Gasteiger partial charge in [0.1, 0.15) is 0 Å². The third-order valence-corrected chi connectivity index (χ3v) is 3.76. The Bertz CT molecular complexity index is 636. The molecule has 1 N–H and O–H groups in total. The summed E-state index contributed by atoms with van der Waals surface area (Å²) in [4.78, 5) is 17.3. The molecule has 0 spiro atoms. The summed E-state index contributed by atoms with van der Waals surface area (Å²) in [6, 6.07) is 7.92. The summed E-state index contributed by atoms with van der Waals surface area (Å²) in [5, 5.41) is 13.0. The van der Waals surface area contributed by atoms with Crippen LogP contribution in [-0.2, 0) is 11.3 Å². The van der Waals surface area contributed by atoms with Crippen molar-refractivity contribution in [2.75, 3.05) is 13.1 Å². The van der Waals surface area contributed by atoms with Crippen molar-refractivity contribution in [3.05, 3.63) is 35.7 Å². The second-order valence-electron chi connectivity index (χ2n) is 5.44. The van der Waals surface area contributed by atoms with E-state index >= 15 is 0 Å². The molecule has 1 unspecified atom stereocenters. The molecule has 1 saturated heterocycles. The smallest absolute Gasteiger partial charge is 0.307 e. The molecule has 2 aromatic rings. The van der Waals surface area contributed by atoms with Crippen molar-refractivity contribution < 1.29 is 14.4 Å². The lowest BCUT2D eigenvalue weighted by atomic mass is 10.1. The zero-order chi connectivity index (χ0) is 14.8. The summed E-state index contributed by atoms with van der Waals surface area (Å²) in [5.74, 6) is 0.0726. The van der Waals surface area contributed by atoms with Crippen LogP contribution < -0.4 is 0 Å². The highest BCUT2D eigenvalue weighted by molar-refractivity contribution is 5.70. The number of carboxylic acids is 1. The first-order valence-electron chi connectivity index (χ1n) is 6.96. The molecule has 0 aliphatic carbocycles.